The molecular formula is LaNaO4Ti. The van der Waals surface area contributed by atoms with Gasteiger partial charge >= 0.3 is 98.0 Å². The van der Waals surface area contributed by atoms with E-state index < -0.39 is 18.1 Å². The van der Waals surface area contributed by atoms with E-state index in [1.807, 2.05) is 0 Å². The Morgan fingerprint density at radius 1 is 0.857 bits per heavy atom. The second-order valence-corrected chi connectivity index (χ2v) is 2.06. The van der Waals surface area contributed by atoms with Gasteiger partial charge < -0.3 is 0 Å². The Bertz CT molecular complexity index is 27.2. The number of rotatable bonds is 0. The van der Waals surface area contributed by atoms with Gasteiger partial charge in [0, 0.05) is 0 Å². The Hall–Kier alpha value is 2.75. The maximum atomic E-state index is 8.62. The average molecular weight is 274 g/mol. The number of hydrogen-bond donors (Lipinski definition) is 0. The van der Waals surface area contributed by atoms with Crippen molar-refractivity contribution in [3.63, 3.8) is 0 Å². The van der Waals surface area contributed by atoms with E-state index in [4.69, 9.17) is 14.8 Å². The quantitative estimate of drug-likeness (QED) is 0.410. The predicted octanol–water partition coefficient (Wildman–Crippen LogP) is -7.75. The Labute approximate surface area is 96.1 Å². The van der Waals surface area contributed by atoms with Gasteiger partial charge in [-0.25, -0.2) is 0 Å². The van der Waals surface area contributed by atoms with Gasteiger partial charge in [-0.1, -0.05) is 0 Å². The van der Waals surface area contributed by atoms with Crippen molar-refractivity contribution < 1.29 is 98.0 Å². The van der Waals surface area contributed by atoms with Crippen molar-refractivity contribution in [2.45, 2.75) is 0 Å². The first-order chi connectivity index (χ1) is 2.00. The first kappa shape index (κ1) is 16.4. The molecule has 32 valence electrons. The van der Waals surface area contributed by atoms with Gasteiger partial charge in [0.05, 0.1) is 0 Å². The van der Waals surface area contributed by atoms with Crippen LogP contribution in [0.4, 0.5) is 0 Å². The summed E-state index contributed by atoms with van der Waals surface area (Å²) in [4.78, 5) is 0. The maximum absolute atomic E-state index is 8.62. The van der Waals surface area contributed by atoms with Crippen LogP contribution in [0.2, 0.25) is 0 Å². The van der Waals surface area contributed by atoms with Crippen LogP contribution in [-0.2, 0) is 18.1 Å². The summed E-state index contributed by atoms with van der Waals surface area (Å²) in [5, 5.41) is 0. The molecular weight excluding hydrogens is 274 g/mol. The molecule has 0 saturated heterocycles. The van der Waals surface area contributed by atoms with Gasteiger partial charge in [0.25, 0.3) is 0 Å². The van der Waals surface area contributed by atoms with Crippen molar-refractivity contribution >= 4 is 0 Å². The molecule has 0 N–H and O–H groups in total. The zero-order valence-corrected chi connectivity index (χ0v) is 10.9. The van der Waals surface area contributed by atoms with Gasteiger partial charge in [-0.3, -0.25) is 0 Å². The van der Waals surface area contributed by atoms with Gasteiger partial charge in [0.2, 0.25) is 0 Å². The summed E-state index contributed by atoms with van der Waals surface area (Å²) in [6.45, 7) is 0. The molecule has 0 aliphatic carbocycles. The molecule has 0 atom stereocenters. The van der Waals surface area contributed by atoms with Gasteiger partial charge in [0.15, 0.2) is 0 Å². The van der Waals surface area contributed by atoms with E-state index in [9.17, 15) is 0 Å². The summed E-state index contributed by atoms with van der Waals surface area (Å²) >= 11 is -6.00. The predicted molar refractivity (Wildman–Crippen MR) is 0 cm³/mol. The third kappa shape index (κ3) is 52.7. The third-order valence-electron chi connectivity index (χ3n) is 0. The molecule has 0 aromatic heterocycles. The first-order valence-electron chi connectivity index (χ1n) is 0.816. The summed E-state index contributed by atoms with van der Waals surface area (Å²) < 4.78 is 34.5. The van der Waals surface area contributed by atoms with Gasteiger partial charge in [-0.15, -0.1) is 0 Å². The molecule has 0 aliphatic rings. The Morgan fingerprint density at radius 2 is 0.857 bits per heavy atom. The Kier molecular flexibility index (Phi) is 16.1. The van der Waals surface area contributed by atoms with E-state index in [1.165, 1.54) is 0 Å². The summed E-state index contributed by atoms with van der Waals surface area (Å²) in [6, 6.07) is 0. The monoisotopic (exact) mass is 274 g/mol. The van der Waals surface area contributed by atoms with Crippen LogP contribution in [0.1, 0.15) is 0 Å². The molecule has 7 heavy (non-hydrogen) atoms. The van der Waals surface area contributed by atoms with Gasteiger partial charge in [0.1, 0.15) is 0 Å². The molecule has 7 heteroatoms. The molecule has 0 spiro atoms. The molecule has 0 amide bonds. The van der Waals surface area contributed by atoms with Crippen LogP contribution in [0, 0.1) is 35.6 Å². The van der Waals surface area contributed by atoms with E-state index >= 15 is 0 Å². The average Bonchev–Trinajstić information content (AvgIpc) is 0.722. The standard InChI is InChI=1S/La.Na.4O.Ti/q+3;+1;4*-1;. The molecule has 0 heterocycles. The first-order valence-corrected chi connectivity index (χ1v) is 3.37. The number of hydrogen-bond acceptors (Lipinski definition) is 4. The van der Waals surface area contributed by atoms with Crippen LogP contribution in [-0.4, -0.2) is 0 Å². The fourth-order valence-corrected chi connectivity index (χ4v) is 0. The van der Waals surface area contributed by atoms with Crippen LogP contribution < -0.4 is 44.3 Å². The van der Waals surface area contributed by atoms with Crippen LogP contribution >= 0.6 is 0 Å². The summed E-state index contributed by atoms with van der Waals surface area (Å²) in [5.41, 5.74) is 0. The Balaban J connectivity index is -0.0000000800. The summed E-state index contributed by atoms with van der Waals surface area (Å²) in [7, 11) is 0. The normalized spacial score (nSPS) is 8.57. The Morgan fingerprint density at radius 3 is 0.857 bits per heavy atom. The van der Waals surface area contributed by atoms with Gasteiger partial charge in [-0.05, 0) is 0 Å². The van der Waals surface area contributed by atoms with E-state index in [0.717, 1.165) is 0 Å². The van der Waals surface area contributed by atoms with E-state index in [1.54, 1.807) is 0 Å². The summed E-state index contributed by atoms with van der Waals surface area (Å²) in [6.07, 6.45) is 0. The van der Waals surface area contributed by atoms with Gasteiger partial charge in [-0.2, -0.15) is 0 Å². The SMILES string of the molecule is [La+3].[Na+].[O-][Ti]([O-])([O-])[O-]. The minimum absolute atomic E-state index is 0. The topological polar surface area (TPSA) is 92.2 Å². The van der Waals surface area contributed by atoms with Crippen molar-refractivity contribution in [2.75, 3.05) is 0 Å². The second-order valence-electron chi connectivity index (χ2n) is 0.500. The van der Waals surface area contributed by atoms with Crippen molar-refractivity contribution in [3.05, 3.63) is 0 Å². The van der Waals surface area contributed by atoms with E-state index in [2.05, 4.69) is 0 Å². The zero-order valence-electron chi connectivity index (χ0n) is 3.71. The second kappa shape index (κ2) is 6.86. The molecule has 0 aromatic carbocycles. The molecule has 0 unspecified atom stereocenters. The van der Waals surface area contributed by atoms with Crippen LogP contribution in [0.25, 0.3) is 0 Å². The fourth-order valence-electron chi connectivity index (χ4n) is 0. The molecule has 0 aromatic rings. The van der Waals surface area contributed by atoms with E-state index in [-0.39, 0.29) is 65.2 Å². The minimum atomic E-state index is -6.00. The summed E-state index contributed by atoms with van der Waals surface area (Å²) in [5.74, 6) is 0. The van der Waals surface area contributed by atoms with E-state index in [0.29, 0.717) is 0 Å². The molecule has 0 bridgehead atoms. The molecule has 4 nitrogen and oxygen atoms in total. The third-order valence-corrected chi connectivity index (χ3v) is 0. The molecule has 0 rings (SSSR count). The van der Waals surface area contributed by atoms with Crippen molar-refractivity contribution in [1.29, 1.82) is 0 Å². The van der Waals surface area contributed by atoms with Crippen LogP contribution in [0.3, 0.4) is 0 Å². The van der Waals surface area contributed by atoms with Crippen molar-refractivity contribution in [2.24, 2.45) is 0 Å². The molecule has 0 aliphatic heterocycles. The molecule has 0 radical (unpaired) electrons. The fraction of sp³-hybridized carbons (Fsp3) is 0. The van der Waals surface area contributed by atoms with Crippen molar-refractivity contribution in [3.8, 4) is 0 Å². The molecule has 0 fully saturated rings. The molecule has 0 saturated carbocycles. The van der Waals surface area contributed by atoms with Crippen molar-refractivity contribution in [1.82, 2.24) is 0 Å². The van der Waals surface area contributed by atoms with Crippen LogP contribution in [0.5, 0.6) is 0 Å². The zero-order chi connectivity index (χ0) is 4.50. The van der Waals surface area contributed by atoms with Crippen LogP contribution in [0.15, 0.2) is 0 Å².